The molecule has 2 saturated heterocycles. The number of hydrogen-bond donors (Lipinski definition) is 3. The van der Waals surface area contributed by atoms with Crippen molar-refractivity contribution in [2.45, 2.75) is 56.0 Å². The first kappa shape index (κ1) is 20.2. The minimum atomic E-state index is -1.11. The second-order valence-corrected chi connectivity index (χ2v) is 9.17. The van der Waals surface area contributed by atoms with E-state index in [2.05, 4.69) is 5.32 Å². The number of amides is 2. The molecular formula is C18H27N3O5S. The summed E-state index contributed by atoms with van der Waals surface area (Å²) in [4.78, 5) is 40.2. The molecule has 2 amide bonds. The fourth-order valence-corrected chi connectivity index (χ4v) is 6.13. The summed E-state index contributed by atoms with van der Waals surface area (Å²) in [6, 6.07) is -0.267. The van der Waals surface area contributed by atoms with Gasteiger partial charge in [0, 0.05) is 37.2 Å². The number of rotatable bonds is 6. The molecule has 3 heterocycles. The van der Waals surface area contributed by atoms with Gasteiger partial charge < -0.3 is 20.4 Å². The molecule has 0 aliphatic carbocycles. The highest BCUT2D eigenvalue weighted by molar-refractivity contribution is 8.03. The molecule has 27 heavy (non-hydrogen) atoms. The van der Waals surface area contributed by atoms with Gasteiger partial charge in [-0.3, -0.25) is 14.5 Å². The Morgan fingerprint density at radius 1 is 1.44 bits per heavy atom. The Balaban J connectivity index is 1.81. The summed E-state index contributed by atoms with van der Waals surface area (Å²) in [6.07, 6.45) is 0.827. The number of carboxylic acid groups (broad SMARTS) is 1. The van der Waals surface area contributed by atoms with E-state index in [0.29, 0.717) is 30.7 Å². The Morgan fingerprint density at radius 2 is 2.11 bits per heavy atom. The third-order valence-electron chi connectivity index (χ3n) is 5.90. The van der Waals surface area contributed by atoms with E-state index in [9.17, 15) is 24.6 Å². The van der Waals surface area contributed by atoms with Crippen LogP contribution in [0.2, 0.25) is 0 Å². The number of β-lactam (4-membered cyclic amide) rings is 1. The Bertz CT molecular complexity index is 707. The Kier molecular flexibility index (Phi) is 5.31. The summed E-state index contributed by atoms with van der Waals surface area (Å²) >= 11 is 1.45. The lowest BCUT2D eigenvalue weighted by Gasteiger charge is -2.55. The molecule has 2 unspecified atom stereocenters. The number of carbonyl (C=O) groups excluding carboxylic acids is 2. The Labute approximate surface area is 163 Å². The van der Waals surface area contributed by atoms with Crippen LogP contribution in [0.3, 0.4) is 0 Å². The lowest BCUT2D eigenvalue weighted by Crippen LogP contribution is -2.71. The largest absolute Gasteiger partial charge is 0.477 e. The summed E-state index contributed by atoms with van der Waals surface area (Å²) in [6.45, 7) is 4.12. The zero-order valence-corrected chi connectivity index (χ0v) is 16.9. The van der Waals surface area contributed by atoms with Crippen molar-refractivity contribution in [1.29, 1.82) is 0 Å². The molecule has 2 fully saturated rings. The normalized spacial score (nSPS) is 33.7. The van der Waals surface area contributed by atoms with Crippen LogP contribution in [0.15, 0.2) is 10.6 Å². The van der Waals surface area contributed by atoms with Crippen molar-refractivity contribution in [3.63, 3.8) is 0 Å². The van der Waals surface area contributed by atoms with Crippen LogP contribution in [0.1, 0.15) is 33.1 Å². The summed E-state index contributed by atoms with van der Waals surface area (Å²) < 4.78 is 0. The van der Waals surface area contributed by atoms with Crippen molar-refractivity contribution < 1.29 is 24.6 Å². The molecule has 9 heteroatoms. The van der Waals surface area contributed by atoms with Gasteiger partial charge in [0.15, 0.2) is 0 Å². The molecule has 3 rings (SSSR count). The summed E-state index contributed by atoms with van der Waals surface area (Å²) in [5.41, 5.74) is -0.599. The van der Waals surface area contributed by atoms with E-state index in [1.165, 1.54) is 16.7 Å². The lowest BCUT2D eigenvalue weighted by atomic mass is 9.68. The van der Waals surface area contributed by atoms with Gasteiger partial charge in [0.1, 0.15) is 5.70 Å². The zero-order valence-electron chi connectivity index (χ0n) is 16.1. The van der Waals surface area contributed by atoms with Crippen molar-refractivity contribution in [2.75, 3.05) is 20.6 Å². The first-order chi connectivity index (χ1) is 12.6. The number of aliphatic carboxylic acids is 1. The fourth-order valence-electron chi connectivity index (χ4n) is 4.63. The van der Waals surface area contributed by atoms with Crippen molar-refractivity contribution in [3.8, 4) is 0 Å². The molecule has 0 aromatic carbocycles. The topological polar surface area (TPSA) is 110 Å². The lowest BCUT2D eigenvalue weighted by molar-refractivity contribution is -0.176. The predicted molar refractivity (Wildman–Crippen MR) is 101 cm³/mol. The molecule has 150 valence electrons. The van der Waals surface area contributed by atoms with E-state index in [4.69, 9.17) is 0 Å². The summed E-state index contributed by atoms with van der Waals surface area (Å²) in [7, 11) is 3.43. The number of thioether (sulfide) groups is 1. The molecule has 3 N–H and O–H groups in total. The molecule has 3 aliphatic rings. The summed E-state index contributed by atoms with van der Waals surface area (Å²) in [5.74, 6) is -1.99. The van der Waals surface area contributed by atoms with Crippen LogP contribution in [0.5, 0.6) is 0 Å². The summed E-state index contributed by atoms with van der Waals surface area (Å²) in [5, 5.41) is 23.1. The van der Waals surface area contributed by atoms with Gasteiger partial charge >= 0.3 is 5.97 Å². The van der Waals surface area contributed by atoms with Gasteiger partial charge in [-0.15, -0.1) is 11.8 Å². The van der Waals surface area contributed by atoms with Crippen LogP contribution in [0.25, 0.3) is 0 Å². The second kappa shape index (κ2) is 7.10. The second-order valence-electron chi connectivity index (χ2n) is 7.77. The molecular weight excluding hydrogens is 370 g/mol. The molecule has 0 aromatic rings. The van der Waals surface area contributed by atoms with Crippen molar-refractivity contribution >= 4 is 29.5 Å². The molecule has 3 aliphatic heterocycles. The maximum absolute atomic E-state index is 12.6. The monoisotopic (exact) mass is 397 g/mol. The SMILES string of the molecule is CCC12CC(S[C@@H]3CN[C@H](C(=O)N(C)C)C3)=C(C(=O)O)N1C(=O)[C@@H]2C(C)O. The highest BCUT2D eigenvalue weighted by Crippen LogP contribution is 2.57. The van der Waals surface area contributed by atoms with Crippen LogP contribution in [0.4, 0.5) is 0 Å². The smallest absolute Gasteiger partial charge is 0.353 e. The average Bonchev–Trinajstić information content (AvgIpc) is 3.14. The fraction of sp³-hybridized carbons (Fsp3) is 0.722. The van der Waals surface area contributed by atoms with Gasteiger partial charge in [-0.05, 0) is 19.8 Å². The van der Waals surface area contributed by atoms with E-state index in [0.717, 1.165) is 0 Å². The Hall–Kier alpha value is -1.58. The first-order valence-electron chi connectivity index (χ1n) is 9.23. The molecule has 0 saturated carbocycles. The van der Waals surface area contributed by atoms with Crippen LogP contribution in [0, 0.1) is 5.92 Å². The number of nitrogens with one attached hydrogen (secondary N) is 1. The minimum absolute atomic E-state index is 0.00940. The predicted octanol–water partition coefficient (Wildman–Crippen LogP) is 0.226. The van der Waals surface area contributed by atoms with Crippen LogP contribution in [-0.4, -0.2) is 81.4 Å². The van der Waals surface area contributed by atoms with E-state index < -0.39 is 23.5 Å². The van der Waals surface area contributed by atoms with E-state index in [1.807, 2.05) is 6.92 Å². The quantitative estimate of drug-likeness (QED) is 0.550. The maximum Gasteiger partial charge on any atom is 0.353 e. The van der Waals surface area contributed by atoms with Crippen LogP contribution < -0.4 is 5.32 Å². The molecule has 0 aromatic heterocycles. The highest BCUT2D eigenvalue weighted by Gasteiger charge is 2.66. The molecule has 8 nitrogen and oxygen atoms in total. The number of aliphatic hydroxyl groups excluding tert-OH is 1. The highest BCUT2D eigenvalue weighted by atomic mass is 32.2. The van der Waals surface area contributed by atoms with Crippen molar-refractivity contribution in [3.05, 3.63) is 10.6 Å². The number of aliphatic hydroxyl groups is 1. The van der Waals surface area contributed by atoms with E-state index in [-0.39, 0.29) is 28.8 Å². The molecule has 0 bridgehead atoms. The standard InChI is InChI=1S/C18H27N3O5S/c1-5-18-7-12(27-10-6-11(19-8-10)15(23)20(3)4)14(17(25)26)21(18)16(24)13(18)9(2)22/h9-11,13,19,22H,5-8H2,1-4H3,(H,25,26)/t9?,10-,11-,13-,18?/m0/s1. The number of fused-ring (bicyclic) bond motifs is 1. The van der Waals surface area contributed by atoms with Gasteiger partial charge in [0.05, 0.1) is 23.6 Å². The Morgan fingerprint density at radius 3 is 2.63 bits per heavy atom. The van der Waals surface area contributed by atoms with Crippen LogP contribution >= 0.6 is 11.8 Å². The molecule has 0 spiro atoms. The van der Waals surface area contributed by atoms with Crippen LogP contribution in [-0.2, 0) is 14.4 Å². The number of carbonyl (C=O) groups is 3. The molecule has 5 atom stereocenters. The zero-order chi connectivity index (χ0) is 20.1. The first-order valence-corrected chi connectivity index (χ1v) is 10.1. The van der Waals surface area contributed by atoms with Gasteiger partial charge in [0.25, 0.3) is 0 Å². The van der Waals surface area contributed by atoms with Gasteiger partial charge in [-0.25, -0.2) is 4.79 Å². The number of nitrogens with zero attached hydrogens (tertiary/aromatic N) is 2. The molecule has 0 radical (unpaired) electrons. The third kappa shape index (κ3) is 3.05. The van der Waals surface area contributed by atoms with E-state index in [1.54, 1.807) is 25.9 Å². The van der Waals surface area contributed by atoms with E-state index >= 15 is 0 Å². The van der Waals surface area contributed by atoms with Gasteiger partial charge in [0.2, 0.25) is 11.8 Å². The average molecular weight is 397 g/mol. The number of likely N-dealkylation sites (N-methyl/N-ethyl adjacent to an activating group) is 1. The van der Waals surface area contributed by atoms with Gasteiger partial charge in [-0.2, -0.15) is 0 Å². The minimum Gasteiger partial charge on any atom is -0.477 e. The third-order valence-corrected chi connectivity index (χ3v) is 7.22. The maximum atomic E-state index is 12.6. The van der Waals surface area contributed by atoms with Crippen molar-refractivity contribution in [2.24, 2.45) is 5.92 Å². The van der Waals surface area contributed by atoms with Gasteiger partial charge in [-0.1, -0.05) is 6.92 Å². The van der Waals surface area contributed by atoms with Crippen molar-refractivity contribution in [1.82, 2.24) is 15.1 Å². The number of hydrogen-bond acceptors (Lipinski definition) is 6. The number of carboxylic acids is 1.